The van der Waals surface area contributed by atoms with E-state index in [0.29, 0.717) is 12.5 Å². The zero-order valence-electron chi connectivity index (χ0n) is 12.2. The van der Waals surface area contributed by atoms with Crippen molar-refractivity contribution in [3.05, 3.63) is 34.6 Å². The molecule has 112 valence electrons. The summed E-state index contributed by atoms with van der Waals surface area (Å²) in [5.74, 6) is 0.196. The van der Waals surface area contributed by atoms with E-state index in [1.807, 2.05) is 12.1 Å². The number of methoxy groups -OCH3 is 1. The van der Waals surface area contributed by atoms with Crippen molar-refractivity contribution in [2.24, 2.45) is 5.92 Å². The maximum atomic E-state index is 14.5. The summed E-state index contributed by atoms with van der Waals surface area (Å²) in [7, 11) is 1.69. The Morgan fingerprint density at radius 2 is 2.30 bits per heavy atom. The molecule has 1 aromatic rings. The molecular formula is C16H23ClFNO. The Morgan fingerprint density at radius 3 is 2.95 bits per heavy atom. The number of halogens is 2. The van der Waals surface area contributed by atoms with Crippen molar-refractivity contribution < 1.29 is 9.13 Å². The van der Waals surface area contributed by atoms with Crippen LogP contribution in [0.1, 0.15) is 31.7 Å². The Labute approximate surface area is 125 Å². The lowest BCUT2D eigenvalue weighted by molar-refractivity contribution is 0.193. The molecule has 0 spiro atoms. The Balaban J connectivity index is 2.25. The van der Waals surface area contributed by atoms with Gasteiger partial charge in [0.1, 0.15) is 5.82 Å². The van der Waals surface area contributed by atoms with Crippen LogP contribution >= 0.6 is 11.6 Å². The third kappa shape index (κ3) is 3.00. The first-order chi connectivity index (χ1) is 9.62. The van der Waals surface area contributed by atoms with Gasteiger partial charge < -0.3 is 10.1 Å². The van der Waals surface area contributed by atoms with Gasteiger partial charge in [0.05, 0.1) is 11.6 Å². The van der Waals surface area contributed by atoms with Gasteiger partial charge in [-0.3, -0.25) is 0 Å². The van der Waals surface area contributed by atoms with Crippen molar-refractivity contribution in [3.8, 4) is 0 Å². The van der Waals surface area contributed by atoms with E-state index in [2.05, 4.69) is 12.2 Å². The van der Waals surface area contributed by atoms with Crippen molar-refractivity contribution in [1.82, 2.24) is 5.32 Å². The van der Waals surface area contributed by atoms with E-state index in [4.69, 9.17) is 16.3 Å². The summed E-state index contributed by atoms with van der Waals surface area (Å²) < 4.78 is 19.5. The van der Waals surface area contributed by atoms with E-state index >= 15 is 0 Å². The highest BCUT2D eigenvalue weighted by Gasteiger charge is 2.43. The van der Waals surface area contributed by atoms with Crippen molar-refractivity contribution in [2.45, 2.75) is 31.6 Å². The predicted octanol–water partition coefficient (Wildman–Crippen LogP) is 3.77. The zero-order chi connectivity index (χ0) is 14.6. The fourth-order valence-corrected chi connectivity index (χ4v) is 3.55. The van der Waals surface area contributed by atoms with Crippen LogP contribution in [0.2, 0.25) is 5.02 Å². The van der Waals surface area contributed by atoms with Gasteiger partial charge in [0.2, 0.25) is 0 Å². The molecule has 0 aliphatic heterocycles. The topological polar surface area (TPSA) is 21.3 Å². The van der Waals surface area contributed by atoms with E-state index < -0.39 is 0 Å². The fraction of sp³-hybridized carbons (Fsp3) is 0.625. The molecule has 1 aliphatic carbocycles. The van der Waals surface area contributed by atoms with Gasteiger partial charge >= 0.3 is 0 Å². The van der Waals surface area contributed by atoms with Crippen LogP contribution in [0.15, 0.2) is 18.2 Å². The second-order valence-electron chi connectivity index (χ2n) is 5.72. The molecular weight excluding hydrogens is 277 g/mol. The number of hydrogen-bond donors (Lipinski definition) is 1. The van der Waals surface area contributed by atoms with Crippen LogP contribution in [0.25, 0.3) is 0 Å². The van der Waals surface area contributed by atoms with Crippen LogP contribution < -0.4 is 5.32 Å². The minimum absolute atomic E-state index is 0.150. The number of rotatable bonds is 6. The smallest absolute Gasteiger partial charge is 0.145 e. The van der Waals surface area contributed by atoms with Crippen molar-refractivity contribution in [1.29, 1.82) is 0 Å². The molecule has 0 aromatic heterocycles. The average Bonchev–Trinajstić information content (AvgIpc) is 2.80. The van der Waals surface area contributed by atoms with Gasteiger partial charge in [0.15, 0.2) is 0 Å². The van der Waals surface area contributed by atoms with Gasteiger partial charge in [-0.2, -0.15) is 0 Å². The molecule has 2 rings (SSSR count). The molecule has 2 unspecified atom stereocenters. The molecule has 1 aromatic carbocycles. The first-order valence-corrected chi connectivity index (χ1v) is 7.64. The molecule has 1 aliphatic rings. The van der Waals surface area contributed by atoms with Crippen molar-refractivity contribution >= 4 is 11.6 Å². The zero-order valence-corrected chi connectivity index (χ0v) is 13.0. The monoisotopic (exact) mass is 299 g/mol. The molecule has 1 fully saturated rings. The number of ether oxygens (including phenoxy) is 1. The molecule has 2 atom stereocenters. The van der Waals surface area contributed by atoms with Crippen LogP contribution in [0.3, 0.4) is 0 Å². The molecule has 0 amide bonds. The van der Waals surface area contributed by atoms with Gasteiger partial charge in [-0.15, -0.1) is 0 Å². The highest BCUT2D eigenvalue weighted by molar-refractivity contribution is 6.30. The second kappa shape index (κ2) is 6.88. The summed E-state index contributed by atoms with van der Waals surface area (Å²) >= 11 is 5.97. The minimum Gasteiger partial charge on any atom is -0.383 e. The van der Waals surface area contributed by atoms with Crippen LogP contribution in [0.5, 0.6) is 0 Å². The molecule has 2 nitrogen and oxygen atoms in total. The van der Waals surface area contributed by atoms with Crippen LogP contribution in [-0.4, -0.2) is 26.8 Å². The third-order valence-electron chi connectivity index (χ3n) is 4.61. The summed E-state index contributed by atoms with van der Waals surface area (Å²) in [6.45, 7) is 4.44. The van der Waals surface area contributed by atoms with Gasteiger partial charge in [-0.05, 0) is 30.4 Å². The predicted molar refractivity (Wildman–Crippen MR) is 80.8 cm³/mol. The summed E-state index contributed by atoms with van der Waals surface area (Å²) in [6.07, 6.45) is 3.28. The largest absolute Gasteiger partial charge is 0.383 e. The van der Waals surface area contributed by atoms with Gasteiger partial charge in [-0.25, -0.2) is 4.39 Å². The van der Waals surface area contributed by atoms with E-state index in [1.165, 1.54) is 0 Å². The van der Waals surface area contributed by atoms with Crippen molar-refractivity contribution in [3.63, 3.8) is 0 Å². The molecule has 0 radical (unpaired) electrons. The summed E-state index contributed by atoms with van der Waals surface area (Å²) in [5.41, 5.74) is 0.614. The Morgan fingerprint density at radius 1 is 1.50 bits per heavy atom. The summed E-state index contributed by atoms with van der Waals surface area (Å²) in [4.78, 5) is 0. The van der Waals surface area contributed by atoms with Crippen molar-refractivity contribution in [2.75, 3.05) is 26.8 Å². The Hall–Kier alpha value is -0.640. The van der Waals surface area contributed by atoms with E-state index in [9.17, 15) is 4.39 Å². The fourth-order valence-electron chi connectivity index (χ4n) is 3.38. The number of nitrogens with one attached hydrogen (secondary N) is 1. The lowest BCUT2D eigenvalue weighted by Crippen LogP contribution is -2.42. The summed E-state index contributed by atoms with van der Waals surface area (Å²) in [5, 5.41) is 3.63. The highest BCUT2D eigenvalue weighted by Crippen LogP contribution is 2.46. The molecule has 0 saturated heterocycles. The maximum absolute atomic E-state index is 14.5. The normalized spacial score (nSPS) is 26.1. The molecule has 4 heteroatoms. The van der Waals surface area contributed by atoms with Crippen LogP contribution in [0, 0.1) is 11.7 Å². The first kappa shape index (κ1) is 15.7. The lowest BCUT2D eigenvalue weighted by Gasteiger charge is -2.35. The average molecular weight is 300 g/mol. The molecule has 1 N–H and O–H groups in total. The highest BCUT2D eigenvalue weighted by atomic mass is 35.5. The first-order valence-electron chi connectivity index (χ1n) is 7.26. The SMILES string of the molecule is COCCNCC1(c2cccc(Cl)c2F)CCCC1C. The van der Waals surface area contributed by atoms with Crippen LogP contribution in [-0.2, 0) is 10.2 Å². The standard InChI is InChI=1S/C16H23ClFNO/c1-12-5-4-8-16(12,11-19-9-10-20-2)13-6-3-7-14(17)15(13)18/h3,6-7,12,19H,4-5,8-11H2,1-2H3. The molecule has 1 saturated carbocycles. The van der Waals surface area contributed by atoms with E-state index in [-0.39, 0.29) is 16.3 Å². The van der Waals surface area contributed by atoms with Crippen LogP contribution in [0.4, 0.5) is 4.39 Å². The Bertz CT molecular complexity index is 454. The molecule has 0 bridgehead atoms. The third-order valence-corrected chi connectivity index (χ3v) is 4.91. The van der Waals surface area contributed by atoms with Gasteiger partial charge in [0.25, 0.3) is 0 Å². The summed E-state index contributed by atoms with van der Waals surface area (Å²) in [6, 6.07) is 5.36. The van der Waals surface area contributed by atoms with E-state index in [1.54, 1.807) is 13.2 Å². The quantitative estimate of drug-likeness (QED) is 0.807. The van der Waals surface area contributed by atoms with E-state index in [0.717, 1.165) is 37.9 Å². The second-order valence-corrected chi connectivity index (χ2v) is 6.13. The minimum atomic E-state index is -0.253. The van der Waals surface area contributed by atoms with Gasteiger partial charge in [-0.1, -0.05) is 37.1 Å². The number of hydrogen-bond acceptors (Lipinski definition) is 2. The Kier molecular flexibility index (Phi) is 5.42. The molecule has 20 heavy (non-hydrogen) atoms. The lowest BCUT2D eigenvalue weighted by atomic mass is 9.72. The number of benzene rings is 1. The maximum Gasteiger partial charge on any atom is 0.145 e. The van der Waals surface area contributed by atoms with Gasteiger partial charge in [0, 0.05) is 25.6 Å². The molecule has 0 heterocycles.